The van der Waals surface area contributed by atoms with Crippen LogP contribution in [0.3, 0.4) is 0 Å². The first-order valence-electron chi connectivity index (χ1n) is 7.43. The number of rotatable bonds is 9. The van der Waals surface area contributed by atoms with Crippen molar-refractivity contribution in [3.63, 3.8) is 0 Å². The van der Waals surface area contributed by atoms with Crippen LogP contribution in [0.15, 0.2) is 4.52 Å². The van der Waals surface area contributed by atoms with E-state index >= 15 is 0 Å². The van der Waals surface area contributed by atoms with Gasteiger partial charge in [-0.3, -0.25) is 9.59 Å². The summed E-state index contributed by atoms with van der Waals surface area (Å²) in [6.07, 6.45) is 4.32. The monoisotopic (exact) mass is 295 g/mol. The van der Waals surface area contributed by atoms with Crippen molar-refractivity contribution in [2.45, 2.75) is 57.9 Å². The van der Waals surface area contributed by atoms with E-state index in [-0.39, 0.29) is 31.3 Å². The maximum Gasteiger partial charge on any atom is 0.305 e. The zero-order valence-electron chi connectivity index (χ0n) is 12.2. The highest BCUT2D eigenvalue weighted by Crippen LogP contribution is 2.27. The van der Waals surface area contributed by atoms with E-state index in [4.69, 9.17) is 9.63 Å². The smallest absolute Gasteiger partial charge is 0.305 e. The van der Waals surface area contributed by atoms with Crippen molar-refractivity contribution in [3.05, 3.63) is 11.7 Å². The molecule has 1 aromatic heterocycles. The second kappa shape index (κ2) is 7.19. The molecule has 1 aromatic rings. The molecule has 0 spiro atoms. The predicted molar refractivity (Wildman–Crippen MR) is 73.6 cm³/mol. The van der Waals surface area contributed by atoms with Gasteiger partial charge in [0.25, 0.3) is 0 Å². The van der Waals surface area contributed by atoms with E-state index in [9.17, 15) is 9.59 Å². The molecular weight excluding hydrogens is 274 g/mol. The fourth-order valence-corrected chi connectivity index (χ4v) is 2.19. The van der Waals surface area contributed by atoms with Crippen LogP contribution >= 0.6 is 0 Å². The van der Waals surface area contributed by atoms with E-state index in [2.05, 4.69) is 10.1 Å². The summed E-state index contributed by atoms with van der Waals surface area (Å²) in [5, 5.41) is 12.6. The summed E-state index contributed by atoms with van der Waals surface area (Å²) in [5.41, 5.74) is 0. The Bertz CT molecular complexity index is 496. The fraction of sp³-hybridized carbons (Fsp3) is 0.714. The van der Waals surface area contributed by atoms with Gasteiger partial charge in [-0.25, -0.2) is 0 Å². The van der Waals surface area contributed by atoms with Crippen molar-refractivity contribution in [1.82, 2.24) is 15.0 Å². The number of carboxylic acids is 1. The van der Waals surface area contributed by atoms with Crippen LogP contribution in [0.25, 0.3) is 0 Å². The number of carbonyl (C=O) groups is 2. The second-order valence-corrected chi connectivity index (χ2v) is 5.32. The topological polar surface area (TPSA) is 96.5 Å². The molecule has 0 aliphatic heterocycles. The Morgan fingerprint density at radius 3 is 2.71 bits per heavy atom. The summed E-state index contributed by atoms with van der Waals surface area (Å²) in [4.78, 5) is 28.7. The summed E-state index contributed by atoms with van der Waals surface area (Å²) in [6, 6.07) is 0.218. The molecule has 116 valence electrons. The molecular formula is C14H21N3O4. The molecule has 1 aliphatic carbocycles. The SMILES string of the molecule is CCCc1noc(CCC(=O)N(CCC(=O)O)C2CC2)n1. The number of hydrogen-bond acceptors (Lipinski definition) is 5. The molecule has 1 N–H and O–H groups in total. The molecule has 0 radical (unpaired) electrons. The summed E-state index contributed by atoms with van der Waals surface area (Å²) < 4.78 is 5.10. The van der Waals surface area contributed by atoms with Crippen molar-refractivity contribution in [2.75, 3.05) is 6.54 Å². The van der Waals surface area contributed by atoms with Crippen LogP contribution in [0, 0.1) is 0 Å². The first-order chi connectivity index (χ1) is 10.1. The third-order valence-corrected chi connectivity index (χ3v) is 3.41. The van der Waals surface area contributed by atoms with Gasteiger partial charge in [-0.2, -0.15) is 4.98 Å². The van der Waals surface area contributed by atoms with E-state index < -0.39 is 5.97 Å². The Morgan fingerprint density at radius 2 is 2.10 bits per heavy atom. The average Bonchev–Trinajstić information content (AvgIpc) is 3.17. The maximum atomic E-state index is 12.2. The van der Waals surface area contributed by atoms with E-state index in [0.717, 1.165) is 25.7 Å². The van der Waals surface area contributed by atoms with Gasteiger partial charge in [-0.05, 0) is 19.3 Å². The van der Waals surface area contributed by atoms with E-state index in [1.807, 2.05) is 6.92 Å². The van der Waals surface area contributed by atoms with Gasteiger partial charge in [-0.15, -0.1) is 0 Å². The molecule has 7 heteroatoms. The zero-order valence-corrected chi connectivity index (χ0v) is 12.2. The lowest BCUT2D eigenvalue weighted by molar-refractivity contribution is -0.138. The third-order valence-electron chi connectivity index (χ3n) is 3.41. The second-order valence-electron chi connectivity index (χ2n) is 5.32. The predicted octanol–water partition coefficient (Wildman–Crippen LogP) is 1.42. The van der Waals surface area contributed by atoms with Gasteiger partial charge in [0.05, 0.1) is 6.42 Å². The van der Waals surface area contributed by atoms with Gasteiger partial charge >= 0.3 is 5.97 Å². The summed E-state index contributed by atoms with van der Waals surface area (Å²) >= 11 is 0. The normalized spacial score (nSPS) is 14.1. The molecule has 2 rings (SSSR count). The van der Waals surface area contributed by atoms with Gasteiger partial charge in [0.15, 0.2) is 5.82 Å². The lowest BCUT2D eigenvalue weighted by Crippen LogP contribution is -2.35. The molecule has 0 atom stereocenters. The number of aliphatic carboxylic acids is 1. The highest BCUT2D eigenvalue weighted by molar-refractivity contribution is 5.77. The molecule has 0 bridgehead atoms. The van der Waals surface area contributed by atoms with E-state index in [1.165, 1.54) is 0 Å². The van der Waals surface area contributed by atoms with Gasteiger partial charge < -0.3 is 14.5 Å². The van der Waals surface area contributed by atoms with Crippen LogP contribution in [-0.4, -0.2) is 44.6 Å². The molecule has 1 saturated carbocycles. The summed E-state index contributed by atoms with van der Waals surface area (Å²) in [5.74, 6) is 0.231. The minimum atomic E-state index is -0.880. The highest BCUT2D eigenvalue weighted by atomic mass is 16.5. The molecule has 0 saturated heterocycles. The molecule has 0 aromatic carbocycles. The lowest BCUT2D eigenvalue weighted by atomic mass is 10.2. The largest absolute Gasteiger partial charge is 0.481 e. The quantitative estimate of drug-likeness (QED) is 0.740. The minimum Gasteiger partial charge on any atom is -0.481 e. The van der Waals surface area contributed by atoms with Crippen LogP contribution in [-0.2, 0) is 22.4 Å². The molecule has 1 amide bonds. The maximum absolute atomic E-state index is 12.2. The molecule has 7 nitrogen and oxygen atoms in total. The van der Waals surface area contributed by atoms with Crippen molar-refractivity contribution in [2.24, 2.45) is 0 Å². The van der Waals surface area contributed by atoms with Crippen molar-refractivity contribution in [1.29, 1.82) is 0 Å². The zero-order chi connectivity index (χ0) is 15.2. The Morgan fingerprint density at radius 1 is 1.33 bits per heavy atom. The van der Waals surface area contributed by atoms with Crippen LogP contribution in [0.2, 0.25) is 0 Å². The molecule has 1 aliphatic rings. The number of aromatic nitrogens is 2. The molecule has 0 unspecified atom stereocenters. The van der Waals surface area contributed by atoms with Crippen molar-refractivity contribution in [3.8, 4) is 0 Å². The minimum absolute atomic E-state index is 0.0105. The van der Waals surface area contributed by atoms with Gasteiger partial charge in [-0.1, -0.05) is 12.1 Å². The van der Waals surface area contributed by atoms with E-state index in [1.54, 1.807) is 4.90 Å². The van der Waals surface area contributed by atoms with Gasteiger partial charge in [0.1, 0.15) is 0 Å². The first-order valence-corrected chi connectivity index (χ1v) is 7.43. The number of nitrogens with zero attached hydrogens (tertiary/aromatic N) is 3. The lowest BCUT2D eigenvalue weighted by Gasteiger charge is -2.21. The molecule has 21 heavy (non-hydrogen) atoms. The van der Waals surface area contributed by atoms with Crippen LogP contribution < -0.4 is 0 Å². The van der Waals surface area contributed by atoms with Crippen LogP contribution in [0.4, 0.5) is 0 Å². The van der Waals surface area contributed by atoms with Crippen molar-refractivity contribution < 1.29 is 19.2 Å². The Kier molecular flexibility index (Phi) is 5.30. The number of carbonyl (C=O) groups excluding carboxylic acids is 1. The Labute approximate surface area is 123 Å². The summed E-state index contributed by atoms with van der Waals surface area (Å²) in [6.45, 7) is 2.32. The Balaban J connectivity index is 1.82. The van der Waals surface area contributed by atoms with Gasteiger partial charge in [0.2, 0.25) is 11.8 Å². The standard InChI is InChI=1S/C14H21N3O4/c1-2-3-11-15-12(21-16-11)6-7-13(18)17(10-4-5-10)9-8-14(19)20/h10H,2-9H2,1H3,(H,19,20). The van der Waals surface area contributed by atoms with Gasteiger partial charge in [0, 0.05) is 31.8 Å². The number of aryl methyl sites for hydroxylation is 2. The molecule has 1 fully saturated rings. The Hall–Kier alpha value is -1.92. The van der Waals surface area contributed by atoms with Crippen LogP contribution in [0.5, 0.6) is 0 Å². The van der Waals surface area contributed by atoms with Crippen LogP contribution in [0.1, 0.15) is 50.7 Å². The number of carboxylic acid groups (broad SMARTS) is 1. The molecule has 1 heterocycles. The van der Waals surface area contributed by atoms with E-state index in [0.29, 0.717) is 18.1 Å². The number of hydrogen-bond donors (Lipinski definition) is 1. The summed E-state index contributed by atoms with van der Waals surface area (Å²) in [7, 11) is 0. The van der Waals surface area contributed by atoms with Crippen molar-refractivity contribution >= 4 is 11.9 Å². The third kappa shape index (κ3) is 4.84. The fourth-order valence-electron chi connectivity index (χ4n) is 2.19. The first kappa shape index (κ1) is 15.5. The average molecular weight is 295 g/mol. The highest BCUT2D eigenvalue weighted by Gasteiger charge is 2.32. The number of amides is 1.